The Morgan fingerprint density at radius 1 is 1.22 bits per heavy atom. The third-order valence-corrected chi connectivity index (χ3v) is 4.32. The van der Waals surface area contributed by atoms with Crippen LogP contribution in [0.2, 0.25) is 0 Å². The maximum atomic E-state index is 12.4. The minimum Gasteiger partial charge on any atom is -0.357 e. The lowest BCUT2D eigenvalue weighted by atomic mass is 9.85. The maximum Gasteiger partial charge on any atom is 0.445 e. The predicted octanol–water partition coefficient (Wildman–Crippen LogP) is 3.94. The summed E-state index contributed by atoms with van der Waals surface area (Å²) in [5, 5.41) is 9.18. The average molecular weight is 279 g/mol. The van der Waals surface area contributed by atoms with E-state index in [2.05, 4.69) is 22.4 Å². The van der Waals surface area contributed by atoms with Crippen LogP contribution < -0.4 is 5.32 Å². The van der Waals surface area contributed by atoms with Crippen molar-refractivity contribution in [2.45, 2.75) is 51.2 Å². The highest BCUT2D eigenvalue weighted by molar-refractivity contribution is 7.15. The summed E-state index contributed by atoms with van der Waals surface area (Å²) in [6, 6.07) is 0.238. The minimum atomic E-state index is -4.39. The molecule has 1 aromatic rings. The van der Waals surface area contributed by atoms with E-state index in [1.165, 1.54) is 6.42 Å². The van der Waals surface area contributed by atoms with Crippen molar-refractivity contribution in [3.05, 3.63) is 5.01 Å². The number of anilines is 1. The summed E-state index contributed by atoms with van der Waals surface area (Å²) in [6.45, 7) is 2.18. The van der Waals surface area contributed by atoms with Crippen molar-refractivity contribution in [3.63, 3.8) is 0 Å². The van der Waals surface area contributed by atoms with Crippen LogP contribution in [0, 0.1) is 5.92 Å². The van der Waals surface area contributed by atoms with Gasteiger partial charge in [0.25, 0.3) is 0 Å². The lowest BCUT2D eigenvalue weighted by Gasteiger charge is -2.28. The van der Waals surface area contributed by atoms with E-state index in [1.54, 1.807) is 0 Å². The van der Waals surface area contributed by atoms with Crippen LogP contribution in [0.5, 0.6) is 0 Å². The summed E-state index contributed by atoms with van der Waals surface area (Å²) >= 11 is 0.582. The Labute approximate surface area is 108 Å². The first-order valence-electron chi connectivity index (χ1n) is 6.16. The minimum absolute atomic E-state index is 0.238. The summed E-state index contributed by atoms with van der Waals surface area (Å²) in [5.74, 6) is 0.767. The number of halogens is 3. The quantitative estimate of drug-likeness (QED) is 0.910. The van der Waals surface area contributed by atoms with E-state index < -0.39 is 11.2 Å². The zero-order valence-corrected chi connectivity index (χ0v) is 10.9. The zero-order chi connectivity index (χ0) is 13.2. The van der Waals surface area contributed by atoms with Gasteiger partial charge in [0.15, 0.2) is 0 Å². The van der Waals surface area contributed by atoms with Crippen molar-refractivity contribution < 1.29 is 13.2 Å². The Balaban J connectivity index is 1.89. The highest BCUT2D eigenvalue weighted by atomic mass is 32.1. The molecule has 102 valence electrons. The molecule has 7 heteroatoms. The number of nitrogens with zero attached hydrogens (tertiary/aromatic N) is 2. The molecule has 0 bridgehead atoms. The van der Waals surface area contributed by atoms with E-state index in [9.17, 15) is 13.2 Å². The average Bonchev–Trinajstić information content (AvgIpc) is 2.78. The fourth-order valence-electron chi connectivity index (χ4n) is 2.29. The number of rotatable bonds is 3. The second kappa shape index (κ2) is 5.42. The molecule has 0 aromatic carbocycles. The topological polar surface area (TPSA) is 37.8 Å². The molecule has 18 heavy (non-hydrogen) atoms. The van der Waals surface area contributed by atoms with E-state index in [-0.39, 0.29) is 11.2 Å². The SMILES string of the molecule is CCC1CCC(Nc2nnc(C(F)(F)F)s2)CC1. The van der Waals surface area contributed by atoms with Gasteiger partial charge in [0, 0.05) is 6.04 Å². The smallest absolute Gasteiger partial charge is 0.357 e. The normalized spacial score (nSPS) is 25.1. The molecule has 0 saturated heterocycles. The van der Waals surface area contributed by atoms with Crippen molar-refractivity contribution in [3.8, 4) is 0 Å². The molecule has 0 spiro atoms. The molecule has 0 aliphatic heterocycles. The zero-order valence-electron chi connectivity index (χ0n) is 10.1. The molecule has 0 amide bonds. The second-order valence-electron chi connectivity index (χ2n) is 4.68. The van der Waals surface area contributed by atoms with Gasteiger partial charge >= 0.3 is 6.18 Å². The molecular weight excluding hydrogens is 263 g/mol. The molecule has 1 N–H and O–H groups in total. The lowest BCUT2D eigenvalue weighted by molar-refractivity contribution is -0.138. The highest BCUT2D eigenvalue weighted by Crippen LogP contribution is 2.34. The first-order valence-corrected chi connectivity index (χ1v) is 6.98. The Hall–Kier alpha value is -0.850. The van der Waals surface area contributed by atoms with Crippen LogP contribution in [0.4, 0.5) is 18.3 Å². The first kappa shape index (κ1) is 13.6. The van der Waals surface area contributed by atoms with Crippen molar-refractivity contribution in [1.82, 2.24) is 10.2 Å². The highest BCUT2D eigenvalue weighted by Gasteiger charge is 2.36. The third kappa shape index (κ3) is 3.34. The van der Waals surface area contributed by atoms with Gasteiger partial charge in [-0.15, -0.1) is 10.2 Å². The van der Waals surface area contributed by atoms with Crippen molar-refractivity contribution in [2.24, 2.45) is 5.92 Å². The third-order valence-electron chi connectivity index (χ3n) is 3.42. The van der Waals surface area contributed by atoms with Gasteiger partial charge in [-0.2, -0.15) is 13.2 Å². The Kier molecular flexibility index (Phi) is 4.09. The van der Waals surface area contributed by atoms with Gasteiger partial charge < -0.3 is 5.32 Å². The van der Waals surface area contributed by atoms with Gasteiger partial charge in [0.05, 0.1) is 0 Å². The van der Waals surface area contributed by atoms with E-state index in [1.807, 2.05) is 0 Å². The van der Waals surface area contributed by atoms with Crippen molar-refractivity contribution in [1.29, 1.82) is 0 Å². The van der Waals surface area contributed by atoms with Crippen LogP contribution in [0.1, 0.15) is 44.0 Å². The van der Waals surface area contributed by atoms with Crippen LogP contribution in [0.15, 0.2) is 0 Å². The summed E-state index contributed by atoms with van der Waals surface area (Å²) in [7, 11) is 0. The van der Waals surface area contributed by atoms with Gasteiger partial charge in [-0.3, -0.25) is 0 Å². The number of alkyl halides is 3. The standard InChI is InChI=1S/C11H16F3N3S/c1-2-7-3-5-8(6-4-7)15-10-17-16-9(18-10)11(12,13)14/h7-8H,2-6H2,1H3,(H,15,17). The molecule has 1 fully saturated rings. The van der Waals surface area contributed by atoms with Crippen LogP contribution in [-0.2, 0) is 6.18 Å². The Morgan fingerprint density at radius 3 is 2.39 bits per heavy atom. The van der Waals surface area contributed by atoms with Gasteiger partial charge in [0.1, 0.15) is 0 Å². The van der Waals surface area contributed by atoms with Crippen LogP contribution in [0.25, 0.3) is 0 Å². The first-order chi connectivity index (χ1) is 8.49. The summed E-state index contributed by atoms with van der Waals surface area (Å²) in [6.07, 6.45) is 1.07. The summed E-state index contributed by atoms with van der Waals surface area (Å²) < 4.78 is 37.1. The maximum absolute atomic E-state index is 12.4. The molecular formula is C11H16F3N3S. The largest absolute Gasteiger partial charge is 0.445 e. The monoisotopic (exact) mass is 279 g/mol. The Morgan fingerprint density at radius 2 is 1.89 bits per heavy atom. The molecule has 0 unspecified atom stereocenters. The molecule has 3 nitrogen and oxygen atoms in total. The fourth-order valence-corrected chi connectivity index (χ4v) is 2.97. The molecule has 0 atom stereocenters. The summed E-state index contributed by atoms with van der Waals surface area (Å²) in [5.41, 5.74) is 0. The fraction of sp³-hybridized carbons (Fsp3) is 0.818. The number of nitrogens with one attached hydrogen (secondary N) is 1. The molecule has 1 saturated carbocycles. The second-order valence-corrected chi connectivity index (χ2v) is 5.66. The summed E-state index contributed by atoms with van der Waals surface area (Å²) in [4.78, 5) is 0. The number of hydrogen-bond acceptors (Lipinski definition) is 4. The Bertz CT molecular complexity index is 383. The molecule has 1 aliphatic rings. The van der Waals surface area contributed by atoms with E-state index in [4.69, 9.17) is 0 Å². The van der Waals surface area contributed by atoms with Crippen LogP contribution in [0.3, 0.4) is 0 Å². The van der Waals surface area contributed by atoms with Gasteiger partial charge in [-0.25, -0.2) is 0 Å². The lowest BCUT2D eigenvalue weighted by Crippen LogP contribution is -2.25. The molecule has 1 aromatic heterocycles. The molecule has 1 aliphatic carbocycles. The van der Waals surface area contributed by atoms with E-state index >= 15 is 0 Å². The van der Waals surface area contributed by atoms with Crippen LogP contribution in [-0.4, -0.2) is 16.2 Å². The molecule has 0 radical (unpaired) electrons. The number of hydrogen-bond donors (Lipinski definition) is 1. The van der Waals surface area contributed by atoms with Crippen molar-refractivity contribution in [2.75, 3.05) is 5.32 Å². The van der Waals surface area contributed by atoms with Gasteiger partial charge in [-0.1, -0.05) is 24.7 Å². The predicted molar refractivity (Wildman–Crippen MR) is 64.6 cm³/mol. The van der Waals surface area contributed by atoms with E-state index in [0.717, 1.165) is 31.6 Å². The van der Waals surface area contributed by atoms with E-state index in [0.29, 0.717) is 11.3 Å². The molecule has 1 heterocycles. The van der Waals surface area contributed by atoms with Gasteiger partial charge in [-0.05, 0) is 31.6 Å². The van der Waals surface area contributed by atoms with Crippen LogP contribution >= 0.6 is 11.3 Å². The van der Waals surface area contributed by atoms with Crippen molar-refractivity contribution >= 4 is 16.5 Å². The number of aromatic nitrogens is 2. The molecule has 2 rings (SSSR count). The van der Waals surface area contributed by atoms with Gasteiger partial charge in [0.2, 0.25) is 10.1 Å².